The van der Waals surface area contributed by atoms with Crippen LogP contribution in [0.5, 0.6) is 0 Å². The highest BCUT2D eigenvalue weighted by atomic mass is 32.2. The highest BCUT2D eigenvalue weighted by molar-refractivity contribution is 7.91. The van der Waals surface area contributed by atoms with Crippen molar-refractivity contribution >= 4 is 21.7 Å². The van der Waals surface area contributed by atoms with Crippen molar-refractivity contribution in [2.24, 2.45) is 0 Å². The van der Waals surface area contributed by atoms with E-state index in [2.05, 4.69) is 0 Å². The van der Waals surface area contributed by atoms with Gasteiger partial charge in [0.05, 0.1) is 24.6 Å². The Morgan fingerprint density at radius 1 is 1.32 bits per heavy atom. The fourth-order valence-corrected chi connectivity index (χ4v) is 4.00. The number of amides is 1. The molecule has 110 valence electrons. The van der Waals surface area contributed by atoms with Gasteiger partial charge in [-0.3, -0.25) is 14.5 Å². The highest BCUT2D eigenvalue weighted by Crippen LogP contribution is 2.17. The fraction of sp³-hybridized carbons (Fsp3) is 0.818. The summed E-state index contributed by atoms with van der Waals surface area (Å²) in [5.74, 6) is -1.10. The molecule has 0 radical (unpaired) electrons. The Kier molecular flexibility index (Phi) is 5.30. The van der Waals surface area contributed by atoms with Crippen LogP contribution in [0.3, 0.4) is 0 Å². The van der Waals surface area contributed by atoms with Gasteiger partial charge < -0.3 is 10.0 Å². The third kappa shape index (κ3) is 4.79. The molecule has 1 aliphatic heterocycles. The summed E-state index contributed by atoms with van der Waals surface area (Å²) in [5, 5.41) is 8.63. The van der Waals surface area contributed by atoms with E-state index in [1.165, 1.54) is 9.80 Å². The normalized spacial score (nSPS) is 21.5. The first kappa shape index (κ1) is 15.9. The number of carbonyl (C=O) groups is 2. The third-order valence-corrected chi connectivity index (χ3v) is 4.87. The molecule has 1 N–H and O–H groups in total. The van der Waals surface area contributed by atoms with Crippen molar-refractivity contribution in [1.29, 1.82) is 0 Å². The van der Waals surface area contributed by atoms with Crippen LogP contribution >= 0.6 is 0 Å². The second-order valence-electron chi connectivity index (χ2n) is 4.80. The zero-order valence-corrected chi connectivity index (χ0v) is 12.0. The van der Waals surface area contributed by atoms with Crippen molar-refractivity contribution in [3.63, 3.8) is 0 Å². The Labute approximate surface area is 113 Å². The SMILES string of the molecule is CCN(C(=O)CN(C)CC(=O)O)C1CCS(=O)(=O)C1. The first-order valence-electron chi connectivity index (χ1n) is 6.15. The van der Waals surface area contributed by atoms with Crippen LogP contribution in [0, 0.1) is 0 Å². The molecular weight excluding hydrogens is 272 g/mol. The number of sulfone groups is 1. The number of carboxylic acid groups (broad SMARTS) is 1. The van der Waals surface area contributed by atoms with Crippen molar-refractivity contribution in [3.05, 3.63) is 0 Å². The largest absolute Gasteiger partial charge is 0.480 e. The van der Waals surface area contributed by atoms with Gasteiger partial charge in [0.25, 0.3) is 0 Å². The van der Waals surface area contributed by atoms with Gasteiger partial charge in [0.2, 0.25) is 5.91 Å². The van der Waals surface area contributed by atoms with E-state index in [4.69, 9.17) is 5.11 Å². The lowest BCUT2D eigenvalue weighted by molar-refractivity contribution is -0.139. The number of carboxylic acids is 1. The van der Waals surface area contributed by atoms with Crippen LogP contribution in [-0.2, 0) is 19.4 Å². The standard InChI is InChI=1S/C11H20N2O5S/c1-3-13(9-4-5-19(17,18)8-9)10(14)6-12(2)7-11(15)16/h9H,3-8H2,1-2H3,(H,15,16). The summed E-state index contributed by atoms with van der Waals surface area (Å²) >= 11 is 0. The molecule has 0 saturated carbocycles. The summed E-state index contributed by atoms with van der Waals surface area (Å²) in [5.41, 5.74) is 0. The molecule has 0 spiro atoms. The number of hydrogen-bond donors (Lipinski definition) is 1. The minimum atomic E-state index is -3.03. The summed E-state index contributed by atoms with van der Waals surface area (Å²) < 4.78 is 22.9. The Balaban J connectivity index is 2.60. The van der Waals surface area contributed by atoms with Gasteiger partial charge in [-0.1, -0.05) is 0 Å². The van der Waals surface area contributed by atoms with Gasteiger partial charge in [-0.05, 0) is 20.4 Å². The van der Waals surface area contributed by atoms with Crippen LogP contribution in [0.25, 0.3) is 0 Å². The Morgan fingerprint density at radius 2 is 1.95 bits per heavy atom. The lowest BCUT2D eigenvalue weighted by atomic mass is 10.2. The second-order valence-corrected chi connectivity index (χ2v) is 7.03. The maximum Gasteiger partial charge on any atom is 0.317 e. The average molecular weight is 292 g/mol. The number of likely N-dealkylation sites (N-methyl/N-ethyl adjacent to an activating group) is 2. The summed E-state index contributed by atoms with van der Waals surface area (Å²) in [7, 11) is -1.49. The van der Waals surface area contributed by atoms with Crippen LogP contribution < -0.4 is 0 Å². The number of hydrogen-bond acceptors (Lipinski definition) is 5. The lowest BCUT2D eigenvalue weighted by Gasteiger charge is -2.28. The topological polar surface area (TPSA) is 95.0 Å². The predicted molar refractivity (Wildman–Crippen MR) is 69.6 cm³/mol. The summed E-state index contributed by atoms with van der Waals surface area (Å²) in [4.78, 5) is 25.5. The molecule has 1 amide bonds. The average Bonchev–Trinajstić information content (AvgIpc) is 2.58. The minimum Gasteiger partial charge on any atom is -0.480 e. The number of nitrogens with zero attached hydrogens (tertiary/aromatic N) is 2. The molecule has 1 saturated heterocycles. The van der Waals surface area contributed by atoms with E-state index in [9.17, 15) is 18.0 Å². The molecule has 19 heavy (non-hydrogen) atoms. The van der Waals surface area contributed by atoms with Crippen molar-refractivity contribution in [1.82, 2.24) is 9.80 Å². The quantitative estimate of drug-likeness (QED) is 0.677. The smallest absolute Gasteiger partial charge is 0.317 e. The van der Waals surface area contributed by atoms with E-state index >= 15 is 0 Å². The van der Waals surface area contributed by atoms with E-state index in [-0.39, 0.29) is 36.5 Å². The molecule has 0 bridgehead atoms. The van der Waals surface area contributed by atoms with Crippen molar-refractivity contribution in [2.45, 2.75) is 19.4 Å². The molecule has 1 atom stereocenters. The van der Waals surface area contributed by atoms with Gasteiger partial charge in [0, 0.05) is 12.6 Å². The molecule has 0 aromatic heterocycles. The molecule has 0 aliphatic carbocycles. The van der Waals surface area contributed by atoms with Crippen molar-refractivity contribution < 1.29 is 23.1 Å². The summed E-state index contributed by atoms with van der Waals surface area (Å²) in [6.45, 7) is 1.99. The first-order valence-corrected chi connectivity index (χ1v) is 7.97. The molecule has 8 heteroatoms. The van der Waals surface area contributed by atoms with Gasteiger partial charge >= 0.3 is 5.97 Å². The molecule has 7 nitrogen and oxygen atoms in total. The second kappa shape index (κ2) is 6.33. The molecule has 1 aliphatic rings. The van der Waals surface area contributed by atoms with E-state index in [0.29, 0.717) is 13.0 Å². The first-order chi connectivity index (χ1) is 8.75. The Hall–Kier alpha value is -1.15. The van der Waals surface area contributed by atoms with Crippen LogP contribution in [0.2, 0.25) is 0 Å². The third-order valence-electron chi connectivity index (χ3n) is 3.12. The number of rotatable bonds is 6. The maximum absolute atomic E-state index is 12.1. The van der Waals surface area contributed by atoms with Gasteiger partial charge in [-0.15, -0.1) is 0 Å². The molecule has 1 rings (SSSR count). The predicted octanol–water partition coefficient (Wildman–Crippen LogP) is -0.962. The van der Waals surface area contributed by atoms with Crippen LogP contribution in [-0.4, -0.2) is 79.4 Å². The minimum absolute atomic E-state index is 0.00915. The number of aliphatic carboxylic acids is 1. The highest BCUT2D eigenvalue weighted by Gasteiger charge is 2.34. The van der Waals surface area contributed by atoms with Crippen LogP contribution in [0.1, 0.15) is 13.3 Å². The van der Waals surface area contributed by atoms with E-state index in [1.807, 2.05) is 0 Å². The number of carbonyl (C=O) groups excluding carboxylic acids is 1. The molecule has 0 aromatic rings. The van der Waals surface area contributed by atoms with Gasteiger partial charge in [0.15, 0.2) is 9.84 Å². The van der Waals surface area contributed by atoms with E-state index < -0.39 is 15.8 Å². The Morgan fingerprint density at radius 3 is 2.37 bits per heavy atom. The molecule has 1 fully saturated rings. The monoisotopic (exact) mass is 292 g/mol. The van der Waals surface area contributed by atoms with Crippen molar-refractivity contribution in [3.8, 4) is 0 Å². The van der Waals surface area contributed by atoms with E-state index in [1.54, 1.807) is 14.0 Å². The maximum atomic E-state index is 12.1. The molecule has 1 heterocycles. The van der Waals surface area contributed by atoms with Crippen LogP contribution in [0.15, 0.2) is 0 Å². The Bertz CT molecular complexity index is 448. The lowest BCUT2D eigenvalue weighted by Crippen LogP contribution is -2.46. The van der Waals surface area contributed by atoms with Gasteiger partial charge in [0.1, 0.15) is 0 Å². The molecular formula is C11H20N2O5S. The summed E-state index contributed by atoms with van der Waals surface area (Å²) in [6.07, 6.45) is 0.463. The van der Waals surface area contributed by atoms with Crippen molar-refractivity contribution in [2.75, 3.05) is 38.2 Å². The van der Waals surface area contributed by atoms with Gasteiger partial charge in [-0.25, -0.2) is 8.42 Å². The fourth-order valence-electron chi connectivity index (χ4n) is 2.27. The summed E-state index contributed by atoms with van der Waals surface area (Å²) in [6, 6.07) is -0.277. The zero-order valence-electron chi connectivity index (χ0n) is 11.2. The zero-order chi connectivity index (χ0) is 14.6. The van der Waals surface area contributed by atoms with Crippen LogP contribution in [0.4, 0.5) is 0 Å². The molecule has 0 aromatic carbocycles. The van der Waals surface area contributed by atoms with E-state index in [0.717, 1.165) is 0 Å². The molecule has 1 unspecified atom stereocenters. The van der Waals surface area contributed by atoms with Gasteiger partial charge in [-0.2, -0.15) is 0 Å².